The van der Waals surface area contributed by atoms with Crippen LogP contribution >= 0.6 is 0 Å². The summed E-state index contributed by atoms with van der Waals surface area (Å²) >= 11 is 0. The van der Waals surface area contributed by atoms with Gasteiger partial charge in [-0.15, -0.1) is 0 Å². The second-order valence-corrected chi connectivity index (χ2v) is 7.71. The molecule has 0 radical (unpaired) electrons. The molecule has 0 saturated carbocycles. The van der Waals surface area contributed by atoms with Crippen LogP contribution in [0.3, 0.4) is 0 Å². The number of hydrogen-bond donors (Lipinski definition) is 0. The number of piperidine rings is 1. The highest BCUT2D eigenvalue weighted by Gasteiger charge is 2.31. The van der Waals surface area contributed by atoms with Gasteiger partial charge in [0.05, 0.1) is 0 Å². The molecule has 1 saturated heterocycles. The van der Waals surface area contributed by atoms with Crippen LogP contribution in [0.25, 0.3) is 0 Å². The summed E-state index contributed by atoms with van der Waals surface area (Å²) in [6, 6.07) is 5.14. The van der Waals surface area contributed by atoms with Gasteiger partial charge in [-0.3, -0.25) is 4.79 Å². The van der Waals surface area contributed by atoms with Crippen molar-refractivity contribution >= 4 is 12.0 Å². The summed E-state index contributed by atoms with van der Waals surface area (Å²) in [5.74, 6) is 1.14. The smallest absolute Gasteiger partial charge is 0.410 e. The van der Waals surface area contributed by atoms with Crippen molar-refractivity contribution in [3.05, 3.63) is 23.8 Å². The van der Waals surface area contributed by atoms with Crippen LogP contribution < -0.4 is 9.47 Å². The maximum Gasteiger partial charge on any atom is 0.410 e. The number of likely N-dealkylation sites (tertiary alicyclic amines) is 1. The molecule has 2 aliphatic heterocycles. The fraction of sp³-hybridized carbons (Fsp3) is 0.579. The first-order valence-corrected chi connectivity index (χ1v) is 8.89. The fourth-order valence-electron chi connectivity index (χ4n) is 3.16. The largest absolute Gasteiger partial charge is 0.454 e. The minimum absolute atomic E-state index is 0.0470. The van der Waals surface area contributed by atoms with E-state index in [0.29, 0.717) is 30.2 Å². The third kappa shape index (κ3) is 4.03. The number of carbonyl (C=O) groups is 2. The number of hydrogen-bond acceptors (Lipinski definition) is 5. The van der Waals surface area contributed by atoms with Gasteiger partial charge >= 0.3 is 6.09 Å². The highest BCUT2D eigenvalue weighted by molar-refractivity contribution is 5.95. The number of fused-ring (bicyclic) bond motifs is 1. The first-order valence-electron chi connectivity index (χ1n) is 8.89. The molecular weight excluding hydrogens is 336 g/mol. The first-order chi connectivity index (χ1) is 12.2. The molecule has 0 unspecified atom stereocenters. The molecule has 26 heavy (non-hydrogen) atoms. The van der Waals surface area contributed by atoms with Crippen molar-refractivity contribution in [3.63, 3.8) is 0 Å². The van der Waals surface area contributed by atoms with Crippen molar-refractivity contribution in [2.24, 2.45) is 0 Å². The van der Waals surface area contributed by atoms with Crippen LogP contribution in [-0.4, -0.2) is 60.4 Å². The Labute approximate surface area is 153 Å². The van der Waals surface area contributed by atoms with E-state index in [1.54, 1.807) is 35.0 Å². The zero-order valence-corrected chi connectivity index (χ0v) is 15.8. The molecule has 1 fully saturated rings. The molecule has 1 aromatic carbocycles. The van der Waals surface area contributed by atoms with E-state index in [2.05, 4.69) is 0 Å². The summed E-state index contributed by atoms with van der Waals surface area (Å²) in [5.41, 5.74) is 0.0178. The van der Waals surface area contributed by atoms with Gasteiger partial charge in [0.25, 0.3) is 5.91 Å². The molecule has 0 N–H and O–H groups in total. The quantitative estimate of drug-likeness (QED) is 0.809. The Morgan fingerprint density at radius 2 is 1.96 bits per heavy atom. The van der Waals surface area contributed by atoms with Crippen LogP contribution in [-0.2, 0) is 4.74 Å². The topological polar surface area (TPSA) is 68.3 Å². The molecule has 2 amide bonds. The van der Waals surface area contributed by atoms with E-state index in [1.165, 1.54) is 0 Å². The summed E-state index contributed by atoms with van der Waals surface area (Å²) in [4.78, 5) is 28.5. The summed E-state index contributed by atoms with van der Waals surface area (Å²) in [6.07, 6.45) is 1.36. The van der Waals surface area contributed by atoms with Crippen LogP contribution in [0.1, 0.15) is 44.0 Å². The monoisotopic (exact) mass is 362 g/mol. The Balaban J connectivity index is 1.66. The average molecular weight is 362 g/mol. The molecule has 3 rings (SSSR count). The summed E-state index contributed by atoms with van der Waals surface area (Å²) in [6.45, 7) is 6.85. The lowest BCUT2D eigenvalue weighted by molar-refractivity contribution is 0.0123. The fourth-order valence-corrected chi connectivity index (χ4v) is 3.16. The average Bonchev–Trinajstić information content (AvgIpc) is 3.06. The maximum absolute atomic E-state index is 12.8. The van der Waals surface area contributed by atoms with Crippen LogP contribution in [0, 0.1) is 0 Å². The standard InChI is InChI=1S/C19H26N2O5/c1-19(2,3)26-18(23)21-9-5-6-14(11-21)20(4)17(22)13-7-8-15-16(10-13)25-12-24-15/h7-8,10,14H,5-6,9,11-12H2,1-4H3/t14-/m1/s1. The third-order valence-electron chi connectivity index (χ3n) is 4.54. The van der Waals surface area contributed by atoms with Gasteiger partial charge in [0.1, 0.15) is 5.60 Å². The Morgan fingerprint density at radius 1 is 1.23 bits per heavy atom. The molecule has 1 atom stereocenters. The van der Waals surface area contributed by atoms with Crippen LogP contribution in [0.15, 0.2) is 18.2 Å². The number of carbonyl (C=O) groups excluding carboxylic acids is 2. The van der Waals surface area contributed by atoms with Crippen LogP contribution in [0.2, 0.25) is 0 Å². The molecule has 0 aliphatic carbocycles. The van der Waals surface area contributed by atoms with E-state index in [1.807, 2.05) is 20.8 Å². The van der Waals surface area contributed by atoms with Crippen molar-refractivity contribution in [1.82, 2.24) is 9.80 Å². The predicted molar refractivity (Wildman–Crippen MR) is 95.5 cm³/mol. The van der Waals surface area contributed by atoms with Crippen molar-refractivity contribution in [2.45, 2.75) is 45.3 Å². The van der Waals surface area contributed by atoms with E-state index in [-0.39, 0.29) is 24.8 Å². The van der Waals surface area contributed by atoms with Gasteiger partial charge in [-0.1, -0.05) is 0 Å². The van der Waals surface area contributed by atoms with Gasteiger partial charge in [-0.25, -0.2) is 4.79 Å². The van der Waals surface area contributed by atoms with Gasteiger partial charge in [0.2, 0.25) is 6.79 Å². The lowest BCUT2D eigenvalue weighted by Crippen LogP contribution is -2.51. The number of benzene rings is 1. The Bertz CT molecular complexity index is 698. The molecule has 0 spiro atoms. The molecule has 1 aromatic rings. The Kier molecular flexibility index (Phi) is 4.98. The molecule has 0 aromatic heterocycles. The Morgan fingerprint density at radius 3 is 2.69 bits per heavy atom. The van der Waals surface area contributed by atoms with Gasteiger partial charge in [-0.2, -0.15) is 0 Å². The third-order valence-corrected chi connectivity index (χ3v) is 4.54. The van der Waals surface area contributed by atoms with E-state index in [9.17, 15) is 9.59 Å². The summed E-state index contributed by atoms with van der Waals surface area (Å²) < 4.78 is 16.1. The second kappa shape index (κ2) is 7.05. The van der Waals surface area contributed by atoms with Crippen LogP contribution in [0.4, 0.5) is 4.79 Å². The molecule has 2 heterocycles. The molecule has 7 heteroatoms. The Hall–Kier alpha value is -2.44. The van der Waals surface area contributed by atoms with Crippen molar-refractivity contribution in [2.75, 3.05) is 26.9 Å². The SMILES string of the molecule is CN(C(=O)c1ccc2c(c1)OCO2)[C@@H]1CCCN(C(=O)OC(C)(C)C)C1. The minimum atomic E-state index is -0.530. The number of ether oxygens (including phenoxy) is 3. The first kappa shape index (κ1) is 18.4. The second-order valence-electron chi connectivity index (χ2n) is 7.71. The summed E-state index contributed by atoms with van der Waals surface area (Å²) in [7, 11) is 1.77. The molecule has 142 valence electrons. The van der Waals surface area contributed by atoms with Crippen LogP contribution in [0.5, 0.6) is 11.5 Å². The van der Waals surface area contributed by atoms with Gasteiger partial charge in [0, 0.05) is 31.7 Å². The van der Waals surface area contributed by atoms with Crippen molar-refractivity contribution < 1.29 is 23.8 Å². The molecular formula is C19H26N2O5. The normalized spacial score (nSPS) is 19.2. The zero-order valence-electron chi connectivity index (χ0n) is 15.8. The molecule has 7 nitrogen and oxygen atoms in total. The minimum Gasteiger partial charge on any atom is -0.454 e. The zero-order chi connectivity index (χ0) is 18.9. The molecule has 0 bridgehead atoms. The lowest BCUT2D eigenvalue weighted by atomic mass is 10.0. The summed E-state index contributed by atoms with van der Waals surface area (Å²) in [5, 5.41) is 0. The van der Waals surface area contributed by atoms with E-state index in [0.717, 1.165) is 12.8 Å². The van der Waals surface area contributed by atoms with E-state index >= 15 is 0 Å². The lowest BCUT2D eigenvalue weighted by Gasteiger charge is -2.38. The molecule has 2 aliphatic rings. The highest BCUT2D eigenvalue weighted by Crippen LogP contribution is 2.33. The van der Waals surface area contributed by atoms with E-state index in [4.69, 9.17) is 14.2 Å². The van der Waals surface area contributed by atoms with Gasteiger partial charge < -0.3 is 24.0 Å². The van der Waals surface area contributed by atoms with Crippen molar-refractivity contribution in [3.8, 4) is 11.5 Å². The maximum atomic E-state index is 12.8. The predicted octanol–water partition coefficient (Wildman–Crippen LogP) is 2.89. The van der Waals surface area contributed by atoms with E-state index < -0.39 is 5.60 Å². The number of amides is 2. The van der Waals surface area contributed by atoms with Gasteiger partial charge in [0.15, 0.2) is 11.5 Å². The van der Waals surface area contributed by atoms with Gasteiger partial charge in [-0.05, 0) is 51.8 Å². The number of rotatable bonds is 2. The highest BCUT2D eigenvalue weighted by atomic mass is 16.7. The number of nitrogens with zero attached hydrogens (tertiary/aromatic N) is 2. The number of likely N-dealkylation sites (N-methyl/N-ethyl adjacent to an activating group) is 1. The van der Waals surface area contributed by atoms with Crippen molar-refractivity contribution in [1.29, 1.82) is 0 Å².